The van der Waals surface area contributed by atoms with Crippen LogP contribution in [0.3, 0.4) is 0 Å². The summed E-state index contributed by atoms with van der Waals surface area (Å²) in [7, 11) is 0. The first-order valence-corrected chi connectivity index (χ1v) is 7.26. The second kappa shape index (κ2) is 5.30. The van der Waals surface area contributed by atoms with Crippen LogP contribution < -0.4 is 0 Å². The molecule has 4 heteroatoms. The van der Waals surface area contributed by atoms with Crippen LogP contribution in [-0.4, -0.2) is 16.1 Å². The first-order valence-electron chi connectivity index (χ1n) is 6.46. The van der Waals surface area contributed by atoms with E-state index in [0.29, 0.717) is 27.7 Å². The fraction of sp³-hybridized carbons (Fsp3) is 0.0588. The number of fused-ring (bicyclic) bond motifs is 1. The van der Waals surface area contributed by atoms with E-state index in [1.807, 2.05) is 42.5 Å². The van der Waals surface area contributed by atoms with Crippen LogP contribution in [0.1, 0.15) is 15.9 Å². The maximum Gasteiger partial charge on any atom is 0.336 e. The van der Waals surface area contributed by atoms with Gasteiger partial charge in [-0.05, 0) is 30.7 Å². The molecule has 0 unspecified atom stereocenters. The summed E-state index contributed by atoms with van der Waals surface area (Å²) in [6, 6.07) is 15.1. The molecule has 2 aromatic carbocycles. The maximum atomic E-state index is 11.7. The lowest BCUT2D eigenvalue weighted by atomic mass is 9.98. The fourth-order valence-electron chi connectivity index (χ4n) is 2.48. The van der Waals surface area contributed by atoms with Gasteiger partial charge in [0.05, 0.1) is 16.8 Å². The van der Waals surface area contributed by atoms with E-state index in [-0.39, 0.29) is 0 Å². The van der Waals surface area contributed by atoms with E-state index in [9.17, 15) is 9.90 Å². The predicted molar refractivity (Wildman–Crippen MR) is 86.6 cm³/mol. The van der Waals surface area contributed by atoms with Crippen molar-refractivity contribution in [3.05, 3.63) is 64.1 Å². The van der Waals surface area contributed by atoms with Crippen LogP contribution in [0.2, 0.25) is 0 Å². The number of aromatic nitrogens is 1. The predicted octanol–water partition coefficient (Wildman–Crippen LogP) is 4.67. The molecular formula is C17H12BrNO2. The fourth-order valence-corrected chi connectivity index (χ4v) is 2.84. The average Bonchev–Trinajstić information content (AvgIpc) is 2.47. The molecule has 0 saturated carbocycles. The molecule has 0 amide bonds. The first-order chi connectivity index (χ1) is 10.1. The lowest BCUT2D eigenvalue weighted by Gasteiger charge is -2.12. The molecule has 0 aliphatic rings. The molecule has 3 rings (SSSR count). The summed E-state index contributed by atoms with van der Waals surface area (Å²) in [5, 5.41) is 10.2. The van der Waals surface area contributed by atoms with Gasteiger partial charge >= 0.3 is 5.97 Å². The molecule has 0 fully saturated rings. The van der Waals surface area contributed by atoms with Crippen LogP contribution in [0.25, 0.3) is 22.2 Å². The molecule has 3 aromatic rings. The molecule has 1 N–H and O–H groups in total. The topological polar surface area (TPSA) is 50.2 Å². The summed E-state index contributed by atoms with van der Waals surface area (Å²) in [6.45, 7) is 1.80. The minimum Gasteiger partial charge on any atom is -0.478 e. The molecule has 0 radical (unpaired) electrons. The Bertz CT molecular complexity index is 844. The van der Waals surface area contributed by atoms with E-state index in [1.54, 1.807) is 13.0 Å². The second-order valence-corrected chi connectivity index (χ2v) is 5.71. The number of nitrogens with zero attached hydrogens (tertiary/aromatic N) is 1. The van der Waals surface area contributed by atoms with Gasteiger partial charge in [0.25, 0.3) is 0 Å². The zero-order valence-electron chi connectivity index (χ0n) is 11.3. The Labute approximate surface area is 130 Å². The number of aromatic carboxylic acids is 1. The third-order valence-corrected chi connectivity index (χ3v) is 3.94. The smallest absolute Gasteiger partial charge is 0.336 e. The Balaban J connectivity index is 2.41. The Morgan fingerprint density at radius 3 is 2.52 bits per heavy atom. The molecule has 3 nitrogen and oxygen atoms in total. The summed E-state index contributed by atoms with van der Waals surface area (Å²) in [5.74, 6) is -0.935. The number of carbonyl (C=O) groups is 1. The molecule has 0 saturated heterocycles. The normalized spacial score (nSPS) is 10.8. The van der Waals surface area contributed by atoms with Crippen molar-refractivity contribution in [1.29, 1.82) is 0 Å². The first kappa shape index (κ1) is 13.8. The van der Waals surface area contributed by atoms with Crippen LogP contribution in [0.4, 0.5) is 0 Å². The van der Waals surface area contributed by atoms with E-state index >= 15 is 0 Å². The van der Waals surface area contributed by atoms with Gasteiger partial charge in [0, 0.05) is 15.4 Å². The van der Waals surface area contributed by atoms with Gasteiger partial charge in [-0.2, -0.15) is 0 Å². The van der Waals surface area contributed by atoms with Crippen molar-refractivity contribution in [3.8, 4) is 11.3 Å². The number of hydrogen-bond acceptors (Lipinski definition) is 2. The number of pyridine rings is 1. The van der Waals surface area contributed by atoms with Crippen LogP contribution in [0, 0.1) is 6.92 Å². The van der Waals surface area contributed by atoms with E-state index in [1.165, 1.54) is 0 Å². The Morgan fingerprint density at radius 2 is 1.86 bits per heavy atom. The van der Waals surface area contributed by atoms with Gasteiger partial charge in [-0.15, -0.1) is 0 Å². The molecule has 0 aliphatic heterocycles. The number of carboxylic acid groups (broad SMARTS) is 1. The molecule has 0 bridgehead atoms. The van der Waals surface area contributed by atoms with E-state index in [2.05, 4.69) is 20.9 Å². The van der Waals surface area contributed by atoms with Crippen molar-refractivity contribution in [2.45, 2.75) is 6.92 Å². The van der Waals surface area contributed by atoms with Crippen molar-refractivity contribution in [2.24, 2.45) is 0 Å². The highest BCUT2D eigenvalue weighted by molar-refractivity contribution is 9.10. The average molecular weight is 342 g/mol. The highest BCUT2D eigenvalue weighted by Gasteiger charge is 2.18. The molecule has 0 spiro atoms. The third-order valence-electron chi connectivity index (χ3n) is 3.45. The quantitative estimate of drug-likeness (QED) is 0.736. The summed E-state index contributed by atoms with van der Waals surface area (Å²) < 4.78 is 0.839. The summed E-state index contributed by atoms with van der Waals surface area (Å²) in [6.07, 6.45) is 0. The van der Waals surface area contributed by atoms with E-state index in [4.69, 9.17) is 0 Å². The highest BCUT2D eigenvalue weighted by Crippen LogP contribution is 2.31. The number of benzene rings is 2. The van der Waals surface area contributed by atoms with Crippen LogP contribution in [0.15, 0.2) is 53.0 Å². The lowest BCUT2D eigenvalue weighted by molar-refractivity contribution is 0.0698. The zero-order chi connectivity index (χ0) is 15.0. The zero-order valence-corrected chi connectivity index (χ0v) is 12.9. The Morgan fingerprint density at radius 1 is 1.14 bits per heavy atom. The van der Waals surface area contributed by atoms with Gasteiger partial charge < -0.3 is 5.11 Å². The molecule has 0 aliphatic carbocycles. The molecule has 0 atom stereocenters. The Kier molecular flexibility index (Phi) is 3.47. The van der Waals surface area contributed by atoms with Gasteiger partial charge in [0.15, 0.2) is 0 Å². The number of hydrogen-bond donors (Lipinski definition) is 1. The van der Waals surface area contributed by atoms with Crippen LogP contribution in [-0.2, 0) is 0 Å². The van der Waals surface area contributed by atoms with Gasteiger partial charge in [0.1, 0.15) is 0 Å². The largest absolute Gasteiger partial charge is 0.478 e. The molecular weight excluding hydrogens is 330 g/mol. The summed E-state index contributed by atoms with van der Waals surface area (Å²) >= 11 is 3.38. The second-order valence-electron chi connectivity index (χ2n) is 4.79. The SMILES string of the molecule is Cc1c(-c2ccccc2)nc2ccc(Br)cc2c1C(=O)O. The molecule has 21 heavy (non-hydrogen) atoms. The van der Waals surface area contributed by atoms with Gasteiger partial charge in [-0.1, -0.05) is 46.3 Å². The van der Waals surface area contributed by atoms with Crippen molar-refractivity contribution >= 4 is 32.8 Å². The van der Waals surface area contributed by atoms with Crippen molar-refractivity contribution < 1.29 is 9.90 Å². The highest BCUT2D eigenvalue weighted by atomic mass is 79.9. The minimum atomic E-state index is -0.935. The Hall–Kier alpha value is -2.20. The minimum absolute atomic E-state index is 0.306. The molecule has 1 aromatic heterocycles. The molecule has 1 heterocycles. The third kappa shape index (κ3) is 2.43. The van der Waals surface area contributed by atoms with Gasteiger partial charge in [-0.3, -0.25) is 0 Å². The van der Waals surface area contributed by atoms with Gasteiger partial charge in [-0.25, -0.2) is 9.78 Å². The number of rotatable bonds is 2. The van der Waals surface area contributed by atoms with E-state index in [0.717, 1.165) is 10.0 Å². The van der Waals surface area contributed by atoms with E-state index < -0.39 is 5.97 Å². The molecule has 104 valence electrons. The van der Waals surface area contributed by atoms with Crippen molar-refractivity contribution in [2.75, 3.05) is 0 Å². The summed E-state index contributed by atoms with van der Waals surface area (Å²) in [4.78, 5) is 16.3. The van der Waals surface area contributed by atoms with Crippen LogP contribution in [0.5, 0.6) is 0 Å². The van der Waals surface area contributed by atoms with Crippen molar-refractivity contribution in [3.63, 3.8) is 0 Å². The number of halogens is 1. The summed E-state index contributed by atoms with van der Waals surface area (Å²) in [5.41, 5.74) is 3.30. The van der Waals surface area contributed by atoms with Crippen molar-refractivity contribution in [1.82, 2.24) is 4.98 Å². The van der Waals surface area contributed by atoms with Crippen LogP contribution >= 0.6 is 15.9 Å². The number of carboxylic acids is 1. The lowest BCUT2D eigenvalue weighted by Crippen LogP contribution is -2.05. The monoisotopic (exact) mass is 341 g/mol. The standard InChI is InChI=1S/C17H12BrNO2/c1-10-15(17(20)21)13-9-12(18)7-8-14(13)19-16(10)11-5-3-2-4-6-11/h2-9H,1H3,(H,20,21). The van der Waals surface area contributed by atoms with Gasteiger partial charge in [0.2, 0.25) is 0 Å². The maximum absolute atomic E-state index is 11.7.